The molecule has 1 fully saturated rings. The molecule has 0 saturated heterocycles. The van der Waals surface area contributed by atoms with Crippen molar-refractivity contribution in [1.82, 2.24) is 14.3 Å². The summed E-state index contributed by atoms with van der Waals surface area (Å²) in [5.41, 5.74) is -1.37. The summed E-state index contributed by atoms with van der Waals surface area (Å²) in [6, 6.07) is 3.13. The van der Waals surface area contributed by atoms with Crippen LogP contribution in [0, 0.1) is 17.0 Å². The molecule has 4 nitrogen and oxygen atoms in total. The Balaban J connectivity index is 1.82. The van der Waals surface area contributed by atoms with Gasteiger partial charge < -0.3 is 4.57 Å². The molecule has 1 aromatic carbocycles. The first-order valence-electron chi connectivity index (χ1n) is 11.0. The van der Waals surface area contributed by atoms with Crippen molar-refractivity contribution in [2.75, 3.05) is 0 Å². The zero-order valence-corrected chi connectivity index (χ0v) is 19.9. The first-order valence-corrected chi connectivity index (χ1v) is 12.2. The van der Waals surface area contributed by atoms with Gasteiger partial charge in [0.05, 0.1) is 17.2 Å². The normalized spacial score (nSPS) is 16.1. The summed E-state index contributed by atoms with van der Waals surface area (Å²) < 4.78 is 87.0. The SMILES string of the molecule is CC(C)(C)Cn1cc(CNS(=O)C2CCC2)c2cc(F)c(-c3cc(F)cnc3C(F)(F)F)cc21. The van der Waals surface area contributed by atoms with Gasteiger partial charge in [-0.25, -0.2) is 22.7 Å². The predicted molar refractivity (Wildman–Crippen MR) is 122 cm³/mol. The molecule has 0 radical (unpaired) electrons. The van der Waals surface area contributed by atoms with Crippen molar-refractivity contribution >= 4 is 21.9 Å². The van der Waals surface area contributed by atoms with E-state index in [2.05, 4.69) is 9.71 Å². The molecule has 3 aromatic rings. The van der Waals surface area contributed by atoms with Crippen molar-refractivity contribution in [3.63, 3.8) is 0 Å². The van der Waals surface area contributed by atoms with Crippen LogP contribution in [-0.4, -0.2) is 19.0 Å². The summed E-state index contributed by atoms with van der Waals surface area (Å²) in [5, 5.41) is 0.606. The van der Waals surface area contributed by atoms with Gasteiger partial charge in [-0.15, -0.1) is 0 Å². The van der Waals surface area contributed by atoms with E-state index in [1.165, 1.54) is 6.07 Å². The van der Waals surface area contributed by atoms with E-state index >= 15 is 4.39 Å². The number of alkyl halides is 3. The Morgan fingerprint density at radius 2 is 1.82 bits per heavy atom. The van der Waals surface area contributed by atoms with E-state index < -0.39 is 40.1 Å². The Hall–Kier alpha value is -2.33. The Morgan fingerprint density at radius 1 is 1.12 bits per heavy atom. The highest BCUT2D eigenvalue weighted by atomic mass is 32.2. The number of nitrogens with zero attached hydrogens (tertiary/aromatic N) is 2. The van der Waals surface area contributed by atoms with E-state index in [0.717, 1.165) is 25.3 Å². The van der Waals surface area contributed by atoms with Crippen LogP contribution in [0.15, 0.2) is 30.6 Å². The van der Waals surface area contributed by atoms with Gasteiger partial charge in [0.1, 0.15) is 11.6 Å². The quantitative estimate of drug-likeness (QED) is 0.402. The maximum atomic E-state index is 15.2. The summed E-state index contributed by atoms with van der Waals surface area (Å²) in [6.45, 7) is 6.75. The summed E-state index contributed by atoms with van der Waals surface area (Å²) >= 11 is 0. The predicted octanol–water partition coefficient (Wildman–Crippen LogP) is 6.35. The summed E-state index contributed by atoms with van der Waals surface area (Å²) in [4.78, 5) is 3.20. The Bertz CT molecular complexity index is 1240. The molecule has 1 saturated carbocycles. The third-order valence-electron chi connectivity index (χ3n) is 5.87. The van der Waals surface area contributed by atoms with Gasteiger partial charge in [-0.1, -0.05) is 27.2 Å². The third-order valence-corrected chi connectivity index (χ3v) is 7.38. The Labute approximate surface area is 197 Å². The number of benzene rings is 1. The molecule has 1 aliphatic rings. The fourth-order valence-corrected chi connectivity index (χ4v) is 5.39. The highest BCUT2D eigenvalue weighted by Crippen LogP contribution is 2.39. The van der Waals surface area contributed by atoms with Crippen LogP contribution in [0.3, 0.4) is 0 Å². The molecule has 0 amide bonds. The number of pyridine rings is 1. The lowest BCUT2D eigenvalue weighted by atomic mass is 9.96. The highest BCUT2D eigenvalue weighted by Gasteiger charge is 2.37. The Kier molecular flexibility index (Phi) is 6.58. The van der Waals surface area contributed by atoms with Crippen molar-refractivity contribution in [1.29, 1.82) is 0 Å². The monoisotopic (exact) mass is 499 g/mol. The molecule has 4 rings (SSSR count). The van der Waals surface area contributed by atoms with Gasteiger partial charge >= 0.3 is 6.18 Å². The van der Waals surface area contributed by atoms with Crippen LogP contribution >= 0.6 is 0 Å². The topological polar surface area (TPSA) is 46.9 Å². The molecular weight excluding hydrogens is 473 g/mol. The number of nitrogens with one attached hydrogen (secondary N) is 1. The van der Waals surface area contributed by atoms with Crippen LogP contribution < -0.4 is 4.72 Å². The molecule has 2 heterocycles. The molecule has 1 N–H and O–H groups in total. The maximum absolute atomic E-state index is 15.2. The molecule has 0 bridgehead atoms. The van der Waals surface area contributed by atoms with Crippen molar-refractivity contribution in [3.8, 4) is 11.1 Å². The minimum atomic E-state index is -4.88. The summed E-state index contributed by atoms with van der Waals surface area (Å²) in [5.74, 6) is -1.91. The van der Waals surface area contributed by atoms with Crippen molar-refractivity contribution in [3.05, 3.63) is 53.5 Å². The van der Waals surface area contributed by atoms with Gasteiger partial charge in [0, 0.05) is 46.6 Å². The van der Waals surface area contributed by atoms with Crippen molar-refractivity contribution < 1.29 is 26.2 Å². The van der Waals surface area contributed by atoms with Crippen LogP contribution in [0.25, 0.3) is 22.0 Å². The molecule has 10 heteroatoms. The lowest BCUT2D eigenvalue weighted by Gasteiger charge is -2.24. The number of fused-ring (bicyclic) bond motifs is 1. The zero-order valence-electron chi connectivity index (χ0n) is 19.1. The first-order chi connectivity index (χ1) is 15.8. The average Bonchev–Trinajstić information content (AvgIpc) is 2.98. The second-order valence-electron chi connectivity index (χ2n) is 9.91. The summed E-state index contributed by atoms with van der Waals surface area (Å²) in [7, 11) is -1.21. The highest BCUT2D eigenvalue weighted by molar-refractivity contribution is 7.83. The van der Waals surface area contributed by atoms with E-state index in [-0.39, 0.29) is 22.8 Å². The van der Waals surface area contributed by atoms with E-state index in [1.54, 1.807) is 6.20 Å². The van der Waals surface area contributed by atoms with Crippen LogP contribution in [0.1, 0.15) is 51.3 Å². The van der Waals surface area contributed by atoms with Crippen LogP contribution in [-0.2, 0) is 30.3 Å². The van der Waals surface area contributed by atoms with E-state index in [0.29, 0.717) is 35.3 Å². The number of aromatic nitrogens is 2. The molecule has 1 atom stereocenters. The molecule has 0 spiro atoms. The largest absolute Gasteiger partial charge is 0.433 e. The molecule has 0 aliphatic heterocycles. The summed E-state index contributed by atoms with van der Waals surface area (Å²) in [6.07, 6.45) is 0.235. The molecule has 1 aliphatic carbocycles. The van der Waals surface area contributed by atoms with Crippen molar-refractivity contribution in [2.45, 2.75) is 64.5 Å². The third kappa shape index (κ3) is 5.17. The van der Waals surface area contributed by atoms with E-state index in [1.807, 2.05) is 25.3 Å². The first kappa shape index (κ1) is 24.8. The molecule has 34 heavy (non-hydrogen) atoms. The lowest BCUT2D eigenvalue weighted by molar-refractivity contribution is -0.140. The maximum Gasteiger partial charge on any atom is 0.433 e. The fourth-order valence-electron chi connectivity index (χ4n) is 4.10. The van der Waals surface area contributed by atoms with Gasteiger partial charge in [0.25, 0.3) is 0 Å². The number of halogens is 5. The lowest BCUT2D eigenvalue weighted by Crippen LogP contribution is -2.32. The van der Waals surface area contributed by atoms with Gasteiger partial charge in [-0.3, -0.25) is 0 Å². The molecule has 184 valence electrons. The fraction of sp³-hybridized carbons (Fsp3) is 0.458. The average molecular weight is 500 g/mol. The van der Waals surface area contributed by atoms with Crippen LogP contribution in [0.4, 0.5) is 22.0 Å². The van der Waals surface area contributed by atoms with Gasteiger partial charge in [0.15, 0.2) is 5.69 Å². The molecule has 1 unspecified atom stereocenters. The van der Waals surface area contributed by atoms with E-state index in [4.69, 9.17) is 0 Å². The minimum absolute atomic E-state index is 0.104. The van der Waals surface area contributed by atoms with Crippen LogP contribution in [0.2, 0.25) is 0 Å². The standard InChI is InChI=1S/C24H26F5N3OS/c1-23(2,3)13-32-12-14(10-31-34(33)16-5-4-6-16)17-8-20(26)18(9-21(17)32)19-7-15(25)11-30-22(19)24(27,28)29/h7-9,11-12,16,31H,4-6,10,13H2,1-3H3. The van der Waals surface area contributed by atoms with Gasteiger partial charge in [0.2, 0.25) is 0 Å². The van der Waals surface area contributed by atoms with Gasteiger partial charge in [-0.05, 0) is 42.0 Å². The van der Waals surface area contributed by atoms with E-state index in [9.17, 15) is 21.8 Å². The second-order valence-corrected chi connectivity index (χ2v) is 11.5. The smallest absolute Gasteiger partial charge is 0.347 e. The number of hydrogen-bond donors (Lipinski definition) is 1. The number of rotatable bonds is 6. The van der Waals surface area contributed by atoms with Crippen LogP contribution in [0.5, 0.6) is 0 Å². The van der Waals surface area contributed by atoms with Gasteiger partial charge in [-0.2, -0.15) is 13.2 Å². The minimum Gasteiger partial charge on any atom is -0.347 e. The Morgan fingerprint density at radius 3 is 2.41 bits per heavy atom. The number of hydrogen-bond acceptors (Lipinski definition) is 2. The molecule has 2 aromatic heterocycles. The zero-order chi connectivity index (χ0) is 24.8. The second kappa shape index (κ2) is 9.03. The molecular formula is C24H26F5N3OS. The van der Waals surface area contributed by atoms with Crippen molar-refractivity contribution in [2.24, 2.45) is 5.41 Å².